The fourth-order valence-electron chi connectivity index (χ4n) is 2.20. The van der Waals surface area contributed by atoms with Gasteiger partial charge in [-0.1, -0.05) is 44.2 Å². The summed E-state index contributed by atoms with van der Waals surface area (Å²) < 4.78 is 0. The van der Waals surface area contributed by atoms with E-state index in [1.165, 1.54) is 0 Å². The van der Waals surface area contributed by atoms with E-state index in [-0.39, 0.29) is 12.1 Å². The molecular weight excluding hydrogens is 268 g/mol. The molecule has 1 aromatic carbocycles. The summed E-state index contributed by atoms with van der Waals surface area (Å²) in [6.07, 6.45) is 0.868. The third-order valence-electron chi connectivity index (χ3n) is 3.44. The van der Waals surface area contributed by atoms with Crippen LogP contribution in [0.15, 0.2) is 30.3 Å². The molecule has 0 saturated carbocycles. The Bertz CT molecular complexity index is 474. The molecule has 0 aliphatic heterocycles. The van der Waals surface area contributed by atoms with Crippen molar-refractivity contribution in [1.29, 1.82) is 0 Å². The maximum atomic E-state index is 12.2. The van der Waals surface area contributed by atoms with E-state index in [1.54, 1.807) is 42.3 Å². The van der Waals surface area contributed by atoms with Crippen molar-refractivity contribution in [2.45, 2.75) is 39.3 Å². The van der Waals surface area contributed by atoms with E-state index in [2.05, 4.69) is 19.2 Å². The number of benzene rings is 1. The van der Waals surface area contributed by atoms with Crippen LogP contribution in [-0.4, -0.2) is 35.1 Å². The molecule has 0 aliphatic rings. The molecule has 2 atom stereocenters. The summed E-state index contributed by atoms with van der Waals surface area (Å²) in [6.45, 7) is 6.14. The van der Waals surface area contributed by atoms with Crippen molar-refractivity contribution in [2.24, 2.45) is 5.92 Å². The van der Waals surface area contributed by atoms with Crippen LogP contribution in [-0.2, 0) is 4.79 Å². The molecule has 21 heavy (non-hydrogen) atoms. The molecule has 0 spiro atoms. The molecule has 0 aromatic heterocycles. The molecule has 116 valence electrons. The fraction of sp³-hybridized carbons (Fsp3) is 0.500. The number of rotatable bonds is 6. The van der Waals surface area contributed by atoms with Crippen LogP contribution in [0.2, 0.25) is 0 Å². The van der Waals surface area contributed by atoms with E-state index in [4.69, 9.17) is 0 Å². The molecule has 5 heteroatoms. The predicted octanol–water partition coefficient (Wildman–Crippen LogP) is 2.89. The Kier molecular flexibility index (Phi) is 6.21. The predicted molar refractivity (Wildman–Crippen MR) is 82.0 cm³/mol. The molecule has 0 radical (unpaired) electrons. The Morgan fingerprint density at radius 1 is 1.19 bits per heavy atom. The number of hydrogen-bond acceptors (Lipinski definition) is 2. The van der Waals surface area contributed by atoms with Crippen LogP contribution in [0.25, 0.3) is 0 Å². The van der Waals surface area contributed by atoms with Crippen molar-refractivity contribution < 1.29 is 14.7 Å². The zero-order valence-corrected chi connectivity index (χ0v) is 13.0. The summed E-state index contributed by atoms with van der Waals surface area (Å²) in [5, 5.41) is 11.9. The smallest absolute Gasteiger partial charge is 0.330 e. The number of nitrogens with zero attached hydrogens (tertiary/aromatic N) is 1. The Morgan fingerprint density at radius 2 is 1.76 bits per heavy atom. The Balaban J connectivity index is 2.76. The van der Waals surface area contributed by atoms with Crippen molar-refractivity contribution in [2.75, 3.05) is 7.05 Å². The van der Waals surface area contributed by atoms with E-state index < -0.39 is 12.0 Å². The van der Waals surface area contributed by atoms with Crippen LogP contribution in [0.4, 0.5) is 4.79 Å². The minimum absolute atomic E-state index is 0.0511. The van der Waals surface area contributed by atoms with Gasteiger partial charge in [0.05, 0.1) is 0 Å². The summed E-state index contributed by atoms with van der Waals surface area (Å²) in [5.41, 5.74) is 0.559. The lowest BCUT2D eigenvalue weighted by Crippen LogP contribution is -2.45. The second-order valence-corrected chi connectivity index (χ2v) is 5.72. The van der Waals surface area contributed by atoms with Crippen molar-refractivity contribution in [3.8, 4) is 0 Å². The van der Waals surface area contributed by atoms with Gasteiger partial charge in [-0.05, 0) is 24.8 Å². The van der Waals surface area contributed by atoms with Crippen LogP contribution < -0.4 is 5.32 Å². The highest BCUT2D eigenvalue weighted by Crippen LogP contribution is 2.15. The SMILES string of the molecule is CC(C)CC(C)N(C)C(=O)N[C@H](C(=O)O)c1ccccc1. The van der Waals surface area contributed by atoms with E-state index in [9.17, 15) is 14.7 Å². The number of carboxylic acids is 1. The average molecular weight is 292 g/mol. The van der Waals surface area contributed by atoms with Gasteiger partial charge in [-0.25, -0.2) is 9.59 Å². The second kappa shape index (κ2) is 7.67. The van der Waals surface area contributed by atoms with Gasteiger partial charge in [0.15, 0.2) is 6.04 Å². The van der Waals surface area contributed by atoms with E-state index in [0.29, 0.717) is 11.5 Å². The number of carboxylic acid groups (broad SMARTS) is 1. The van der Waals surface area contributed by atoms with Gasteiger partial charge in [0.25, 0.3) is 0 Å². The fourth-order valence-corrected chi connectivity index (χ4v) is 2.20. The zero-order chi connectivity index (χ0) is 16.0. The molecule has 1 aromatic rings. The lowest BCUT2D eigenvalue weighted by atomic mass is 10.0. The van der Waals surface area contributed by atoms with Crippen LogP contribution in [0.1, 0.15) is 38.8 Å². The summed E-state index contributed by atoms with van der Waals surface area (Å²) in [6, 6.07) is 7.33. The quantitative estimate of drug-likeness (QED) is 0.847. The van der Waals surface area contributed by atoms with E-state index in [0.717, 1.165) is 6.42 Å². The van der Waals surface area contributed by atoms with Crippen molar-refractivity contribution in [1.82, 2.24) is 10.2 Å². The third-order valence-corrected chi connectivity index (χ3v) is 3.44. The number of amides is 2. The molecule has 0 heterocycles. The summed E-state index contributed by atoms with van der Waals surface area (Å²) in [7, 11) is 1.69. The third kappa shape index (κ3) is 5.10. The number of carbonyl (C=O) groups is 2. The molecule has 2 amide bonds. The number of urea groups is 1. The van der Waals surface area contributed by atoms with Gasteiger partial charge in [0.1, 0.15) is 0 Å². The van der Waals surface area contributed by atoms with Gasteiger partial charge in [-0.3, -0.25) is 0 Å². The minimum atomic E-state index is -1.07. The molecule has 1 unspecified atom stereocenters. The Hall–Kier alpha value is -2.04. The average Bonchev–Trinajstić information content (AvgIpc) is 2.43. The normalized spacial score (nSPS) is 13.6. The lowest BCUT2D eigenvalue weighted by molar-refractivity contribution is -0.139. The van der Waals surface area contributed by atoms with Crippen molar-refractivity contribution >= 4 is 12.0 Å². The van der Waals surface area contributed by atoms with E-state index in [1.807, 2.05) is 6.92 Å². The minimum Gasteiger partial charge on any atom is -0.479 e. The largest absolute Gasteiger partial charge is 0.479 e. The summed E-state index contributed by atoms with van der Waals surface area (Å²) >= 11 is 0. The van der Waals surface area contributed by atoms with Gasteiger partial charge in [0, 0.05) is 13.1 Å². The molecule has 0 bridgehead atoms. The maximum absolute atomic E-state index is 12.2. The number of nitrogens with one attached hydrogen (secondary N) is 1. The van der Waals surface area contributed by atoms with Gasteiger partial charge in [-0.2, -0.15) is 0 Å². The first-order valence-electron chi connectivity index (χ1n) is 7.14. The first-order valence-corrected chi connectivity index (χ1v) is 7.14. The van der Waals surface area contributed by atoms with Gasteiger partial charge >= 0.3 is 12.0 Å². The van der Waals surface area contributed by atoms with Crippen LogP contribution in [0.3, 0.4) is 0 Å². The molecule has 1 rings (SSSR count). The van der Waals surface area contributed by atoms with Crippen molar-refractivity contribution in [3.63, 3.8) is 0 Å². The molecule has 0 aliphatic carbocycles. The highest BCUT2D eigenvalue weighted by molar-refractivity contribution is 5.83. The summed E-state index contributed by atoms with van der Waals surface area (Å²) in [4.78, 5) is 25.1. The standard InChI is InChI=1S/C16H24N2O3/c1-11(2)10-12(3)18(4)16(21)17-14(15(19)20)13-8-6-5-7-9-13/h5-9,11-12,14H,10H2,1-4H3,(H,17,21)(H,19,20)/t12?,14-/m0/s1. The first kappa shape index (κ1) is 17.0. The zero-order valence-electron chi connectivity index (χ0n) is 13.0. The monoisotopic (exact) mass is 292 g/mol. The molecule has 0 saturated heterocycles. The summed E-state index contributed by atoms with van der Waals surface area (Å²) in [5.74, 6) is -0.598. The van der Waals surface area contributed by atoms with Crippen LogP contribution >= 0.6 is 0 Å². The van der Waals surface area contributed by atoms with Crippen molar-refractivity contribution in [3.05, 3.63) is 35.9 Å². The molecule has 0 fully saturated rings. The van der Waals surface area contributed by atoms with Crippen LogP contribution in [0, 0.1) is 5.92 Å². The van der Waals surface area contributed by atoms with Gasteiger partial charge < -0.3 is 15.3 Å². The Labute approximate surface area is 126 Å². The molecule has 2 N–H and O–H groups in total. The number of hydrogen-bond donors (Lipinski definition) is 2. The highest BCUT2D eigenvalue weighted by atomic mass is 16.4. The second-order valence-electron chi connectivity index (χ2n) is 5.72. The Morgan fingerprint density at radius 3 is 2.24 bits per heavy atom. The maximum Gasteiger partial charge on any atom is 0.330 e. The van der Waals surface area contributed by atoms with Gasteiger partial charge in [0.2, 0.25) is 0 Å². The van der Waals surface area contributed by atoms with Gasteiger partial charge in [-0.15, -0.1) is 0 Å². The van der Waals surface area contributed by atoms with Crippen LogP contribution in [0.5, 0.6) is 0 Å². The topological polar surface area (TPSA) is 69.6 Å². The van der Waals surface area contributed by atoms with E-state index >= 15 is 0 Å². The molecular formula is C16H24N2O3. The first-order chi connectivity index (χ1) is 9.82. The number of aliphatic carboxylic acids is 1. The number of carbonyl (C=O) groups excluding carboxylic acids is 1. The lowest BCUT2D eigenvalue weighted by Gasteiger charge is -2.28. The molecule has 5 nitrogen and oxygen atoms in total. The highest BCUT2D eigenvalue weighted by Gasteiger charge is 2.25.